The van der Waals surface area contributed by atoms with Crippen LogP contribution in [-0.2, 0) is 11.3 Å². The molecule has 0 saturated carbocycles. The minimum atomic E-state index is -0.731. The molecule has 0 aromatic heterocycles. The van der Waals surface area contributed by atoms with Crippen molar-refractivity contribution in [2.75, 3.05) is 19.8 Å². The molecular weight excluding hydrogens is 295 g/mol. The van der Waals surface area contributed by atoms with Gasteiger partial charge in [0, 0.05) is 25.1 Å². The third-order valence-corrected chi connectivity index (χ3v) is 5.29. The molecule has 0 radical (unpaired) electrons. The summed E-state index contributed by atoms with van der Waals surface area (Å²) in [7, 11) is 0. The number of nitriles is 1. The van der Waals surface area contributed by atoms with E-state index in [4.69, 9.17) is 4.74 Å². The summed E-state index contributed by atoms with van der Waals surface area (Å²) in [6, 6.07) is 6.66. The molecule has 1 aromatic carbocycles. The molecule has 2 aliphatic rings. The van der Waals surface area contributed by atoms with Gasteiger partial charge in [-0.2, -0.15) is 5.26 Å². The molecule has 0 spiro atoms. The second-order valence-corrected chi connectivity index (χ2v) is 6.88. The molecule has 4 nitrogen and oxygen atoms in total. The van der Waals surface area contributed by atoms with Crippen LogP contribution in [0, 0.1) is 23.1 Å². The topological polar surface area (TPSA) is 56.5 Å². The van der Waals surface area contributed by atoms with Gasteiger partial charge >= 0.3 is 0 Å². The van der Waals surface area contributed by atoms with E-state index in [-0.39, 0.29) is 17.8 Å². The largest absolute Gasteiger partial charge is 0.390 e. The van der Waals surface area contributed by atoms with Crippen molar-refractivity contribution in [3.05, 3.63) is 35.1 Å². The summed E-state index contributed by atoms with van der Waals surface area (Å²) in [4.78, 5) is 2.27. The first-order valence-electron chi connectivity index (χ1n) is 8.24. The Kier molecular flexibility index (Phi) is 4.67. The van der Waals surface area contributed by atoms with Crippen molar-refractivity contribution >= 4 is 0 Å². The van der Waals surface area contributed by atoms with E-state index in [9.17, 15) is 14.8 Å². The number of hydrogen-bond donors (Lipinski definition) is 1. The van der Waals surface area contributed by atoms with E-state index in [1.54, 1.807) is 0 Å². The molecule has 0 unspecified atom stereocenters. The molecule has 2 saturated heterocycles. The van der Waals surface area contributed by atoms with Crippen molar-refractivity contribution in [1.82, 2.24) is 4.90 Å². The molecule has 0 aliphatic carbocycles. The number of ether oxygens (including phenoxy) is 1. The maximum absolute atomic E-state index is 13.5. The number of halogens is 1. The standard InChI is InChI=1S/C18H23FN2O2/c1-18(22)6-8-23-12-16(18)17-3-2-7-21(17)11-14-9-15(19)5-4-13(14)10-20/h4-5,9,16-17,22H,2-3,6-8,11-12H2,1H3/t16-,17-,18-/m0/s1. The van der Waals surface area contributed by atoms with Crippen molar-refractivity contribution < 1.29 is 14.2 Å². The number of nitrogens with zero attached hydrogens (tertiary/aromatic N) is 2. The summed E-state index contributed by atoms with van der Waals surface area (Å²) < 4.78 is 19.1. The van der Waals surface area contributed by atoms with E-state index in [0.717, 1.165) is 24.9 Å². The number of likely N-dealkylation sites (tertiary alicyclic amines) is 1. The van der Waals surface area contributed by atoms with E-state index in [1.807, 2.05) is 6.92 Å². The van der Waals surface area contributed by atoms with Crippen LogP contribution in [0.1, 0.15) is 37.3 Å². The lowest BCUT2D eigenvalue weighted by molar-refractivity contribution is -0.123. The molecule has 1 aromatic rings. The van der Waals surface area contributed by atoms with Gasteiger partial charge in [0.05, 0.1) is 23.8 Å². The van der Waals surface area contributed by atoms with Gasteiger partial charge in [-0.3, -0.25) is 4.90 Å². The van der Waals surface area contributed by atoms with Crippen LogP contribution in [0.3, 0.4) is 0 Å². The lowest BCUT2D eigenvalue weighted by Gasteiger charge is -2.43. The minimum Gasteiger partial charge on any atom is -0.390 e. The summed E-state index contributed by atoms with van der Waals surface area (Å²) in [5.74, 6) is -0.263. The predicted molar refractivity (Wildman–Crippen MR) is 84.1 cm³/mol. The maximum Gasteiger partial charge on any atom is 0.123 e. The first-order chi connectivity index (χ1) is 11.0. The maximum atomic E-state index is 13.5. The fraction of sp³-hybridized carbons (Fsp3) is 0.611. The Hall–Kier alpha value is -1.48. The summed E-state index contributed by atoms with van der Waals surface area (Å²) in [6.45, 7) is 4.48. The SMILES string of the molecule is C[C@]1(O)CCOC[C@H]1[C@@H]1CCCN1Cc1cc(F)ccc1C#N. The summed E-state index contributed by atoms with van der Waals surface area (Å²) >= 11 is 0. The minimum absolute atomic E-state index is 0.0536. The molecule has 1 N–H and O–H groups in total. The molecule has 3 rings (SSSR count). The van der Waals surface area contributed by atoms with E-state index >= 15 is 0 Å². The molecule has 3 atom stereocenters. The Morgan fingerprint density at radius 2 is 2.35 bits per heavy atom. The molecular formula is C18H23FN2O2. The highest BCUT2D eigenvalue weighted by atomic mass is 19.1. The monoisotopic (exact) mass is 318 g/mol. The molecule has 23 heavy (non-hydrogen) atoms. The Morgan fingerprint density at radius 1 is 1.52 bits per heavy atom. The first kappa shape index (κ1) is 16.4. The lowest BCUT2D eigenvalue weighted by Crippen LogP contribution is -2.52. The summed E-state index contributed by atoms with van der Waals surface area (Å²) in [5, 5.41) is 19.9. The second-order valence-electron chi connectivity index (χ2n) is 6.88. The molecule has 0 amide bonds. The highest BCUT2D eigenvalue weighted by Gasteiger charge is 2.44. The van der Waals surface area contributed by atoms with Gasteiger partial charge < -0.3 is 9.84 Å². The van der Waals surface area contributed by atoms with E-state index in [1.165, 1.54) is 18.2 Å². The van der Waals surface area contributed by atoms with Crippen LogP contribution in [0.5, 0.6) is 0 Å². The zero-order valence-corrected chi connectivity index (χ0v) is 13.5. The average Bonchev–Trinajstić information content (AvgIpc) is 2.95. The number of benzene rings is 1. The van der Waals surface area contributed by atoms with Gasteiger partial charge in [0.25, 0.3) is 0 Å². The highest BCUT2D eigenvalue weighted by Crippen LogP contribution is 2.36. The zero-order valence-electron chi connectivity index (χ0n) is 13.5. The fourth-order valence-electron chi connectivity index (χ4n) is 3.90. The zero-order chi connectivity index (χ0) is 16.4. The molecule has 124 valence electrons. The molecule has 0 bridgehead atoms. The number of aliphatic hydroxyl groups is 1. The van der Waals surface area contributed by atoms with Gasteiger partial charge in [-0.05, 0) is 56.5 Å². The quantitative estimate of drug-likeness (QED) is 0.930. The third kappa shape index (κ3) is 3.40. The number of rotatable bonds is 3. The van der Waals surface area contributed by atoms with Crippen LogP contribution in [-0.4, -0.2) is 41.4 Å². The van der Waals surface area contributed by atoms with E-state index in [2.05, 4.69) is 11.0 Å². The van der Waals surface area contributed by atoms with E-state index in [0.29, 0.717) is 31.7 Å². The Bertz CT molecular complexity index is 612. The van der Waals surface area contributed by atoms with Crippen molar-refractivity contribution in [2.45, 2.75) is 44.4 Å². The van der Waals surface area contributed by atoms with Crippen LogP contribution in [0.15, 0.2) is 18.2 Å². The summed E-state index contributed by atoms with van der Waals surface area (Å²) in [5.41, 5.74) is 0.505. The Labute approximate surface area is 136 Å². The van der Waals surface area contributed by atoms with Crippen LogP contribution < -0.4 is 0 Å². The van der Waals surface area contributed by atoms with Gasteiger partial charge in [-0.15, -0.1) is 0 Å². The molecule has 5 heteroatoms. The fourth-order valence-corrected chi connectivity index (χ4v) is 3.90. The van der Waals surface area contributed by atoms with Crippen LogP contribution in [0.4, 0.5) is 4.39 Å². The van der Waals surface area contributed by atoms with Gasteiger partial charge in [-0.25, -0.2) is 4.39 Å². The van der Waals surface area contributed by atoms with Crippen molar-refractivity contribution in [3.63, 3.8) is 0 Å². The van der Waals surface area contributed by atoms with Gasteiger partial charge in [0.15, 0.2) is 0 Å². The summed E-state index contributed by atoms with van der Waals surface area (Å²) in [6.07, 6.45) is 2.70. The molecule has 2 aliphatic heterocycles. The third-order valence-electron chi connectivity index (χ3n) is 5.29. The lowest BCUT2D eigenvalue weighted by atomic mass is 9.79. The van der Waals surface area contributed by atoms with Gasteiger partial charge in [0.1, 0.15) is 5.82 Å². The Balaban J connectivity index is 1.80. The predicted octanol–water partition coefficient (Wildman–Crippen LogP) is 2.45. The van der Waals surface area contributed by atoms with Gasteiger partial charge in [-0.1, -0.05) is 0 Å². The van der Waals surface area contributed by atoms with E-state index < -0.39 is 5.60 Å². The average molecular weight is 318 g/mol. The molecule has 2 heterocycles. The first-order valence-corrected chi connectivity index (χ1v) is 8.24. The van der Waals surface area contributed by atoms with Gasteiger partial charge in [0.2, 0.25) is 0 Å². The van der Waals surface area contributed by atoms with Crippen molar-refractivity contribution in [1.29, 1.82) is 5.26 Å². The Morgan fingerprint density at radius 3 is 3.09 bits per heavy atom. The van der Waals surface area contributed by atoms with Crippen LogP contribution in [0.25, 0.3) is 0 Å². The van der Waals surface area contributed by atoms with Crippen molar-refractivity contribution in [3.8, 4) is 6.07 Å². The smallest absolute Gasteiger partial charge is 0.123 e. The molecule has 2 fully saturated rings. The van der Waals surface area contributed by atoms with Crippen LogP contribution >= 0.6 is 0 Å². The number of hydrogen-bond acceptors (Lipinski definition) is 4. The second kappa shape index (κ2) is 6.56. The van der Waals surface area contributed by atoms with Crippen LogP contribution in [0.2, 0.25) is 0 Å². The normalized spacial score (nSPS) is 31.9. The van der Waals surface area contributed by atoms with Crippen molar-refractivity contribution in [2.24, 2.45) is 5.92 Å². The highest BCUT2D eigenvalue weighted by molar-refractivity contribution is 5.37.